The van der Waals surface area contributed by atoms with Crippen LogP contribution in [0.25, 0.3) is 0 Å². The highest BCUT2D eigenvalue weighted by Crippen LogP contribution is 2.22. The van der Waals surface area contributed by atoms with Crippen molar-refractivity contribution in [1.29, 1.82) is 0 Å². The summed E-state index contributed by atoms with van der Waals surface area (Å²) in [5.74, 6) is -0.104. The van der Waals surface area contributed by atoms with E-state index < -0.39 is 0 Å². The number of amides is 1. The van der Waals surface area contributed by atoms with Gasteiger partial charge in [-0.15, -0.1) is 11.3 Å². The third-order valence-electron chi connectivity index (χ3n) is 2.64. The quantitative estimate of drug-likeness (QED) is 0.942. The van der Waals surface area contributed by atoms with E-state index in [1.54, 1.807) is 24.2 Å². The summed E-state index contributed by atoms with van der Waals surface area (Å²) in [4.78, 5) is 19.0. The average molecular weight is 296 g/mol. The second-order valence-corrected chi connectivity index (χ2v) is 5.85. The number of thiophene rings is 1. The smallest absolute Gasteiger partial charge is 0.272 e. The normalized spacial score (nSPS) is 10.3. The number of halogens is 1. The van der Waals surface area contributed by atoms with E-state index in [0.29, 0.717) is 12.2 Å². The summed E-state index contributed by atoms with van der Waals surface area (Å²) in [5.41, 5.74) is 1.31. The number of hydrogen-bond donors (Lipinski definition) is 1. The molecule has 6 heteroatoms. The molecule has 0 atom stereocenters. The summed E-state index contributed by atoms with van der Waals surface area (Å²) in [6.07, 6.45) is 1.64. The van der Waals surface area contributed by atoms with Gasteiger partial charge in [0.1, 0.15) is 5.69 Å². The fraction of sp³-hybridized carbons (Fsp3) is 0.231. The Balaban J connectivity index is 2.05. The molecule has 0 saturated heterocycles. The van der Waals surface area contributed by atoms with Crippen LogP contribution in [0.1, 0.15) is 15.4 Å². The Kier molecular flexibility index (Phi) is 4.39. The van der Waals surface area contributed by atoms with E-state index in [2.05, 4.69) is 10.3 Å². The van der Waals surface area contributed by atoms with Crippen molar-refractivity contribution in [3.8, 4) is 0 Å². The summed E-state index contributed by atoms with van der Waals surface area (Å²) < 4.78 is 0.729. The maximum atomic E-state index is 12.2. The maximum Gasteiger partial charge on any atom is 0.272 e. The molecule has 0 aliphatic heterocycles. The molecular formula is C13H14ClN3OS. The zero-order valence-electron chi connectivity index (χ0n) is 10.7. The molecule has 100 valence electrons. The van der Waals surface area contributed by atoms with Gasteiger partial charge in [0.25, 0.3) is 5.91 Å². The van der Waals surface area contributed by atoms with Crippen LogP contribution in [-0.4, -0.2) is 29.9 Å². The minimum absolute atomic E-state index is 0.104. The number of hydrogen-bond acceptors (Lipinski definition) is 4. The van der Waals surface area contributed by atoms with E-state index in [1.165, 1.54) is 11.3 Å². The fourth-order valence-electron chi connectivity index (χ4n) is 1.61. The van der Waals surface area contributed by atoms with Gasteiger partial charge in [-0.2, -0.15) is 0 Å². The summed E-state index contributed by atoms with van der Waals surface area (Å²) in [5, 5.41) is 2.96. The van der Waals surface area contributed by atoms with Crippen molar-refractivity contribution in [3.05, 3.63) is 45.4 Å². The number of carbonyl (C=O) groups excluding carboxylic acids is 1. The highest BCUT2D eigenvalue weighted by atomic mass is 35.5. The van der Waals surface area contributed by atoms with Gasteiger partial charge in [-0.05, 0) is 24.3 Å². The van der Waals surface area contributed by atoms with Gasteiger partial charge in [-0.3, -0.25) is 4.79 Å². The standard InChI is InChI=1S/C13H14ClN3OS/c1-15-9-3-5-11(16-7-9)13(18)17(2)8-10-4-6-12(14)19-10/h3-7,15H,8H2,1-2H3. The lowest BCUT2D eigenvalue weighted by molar-refractivity contribution is 0.0780. The van der Waals surface area contributed by atoms with Gasteiger partial charge in [0.15, 0.2) is 0 Å². The lowest BCUT2D eigenvalue weighted by atomic mass is 10.3. The summed E-state index contributed by atoms with van der Waals surface area (Å²) in [6.45, 7) is 0.533. The highest BCUT2D eigenvalue weighted by molar-refractivity contribution is 7.16. The number of anilines is 1. The monoisotopic (exact) mass is 295 g/mol. The van der Waals surface area contributed by atoms with Crippen molar-refractivity contribution in [2.45, 2.75) is 6.54 Å². The number of nitrogens with zero attached hydrogens (tertiary/aromatic N) is 2. The van der Waals surface area contributed by atoms with Gasteiger partial charge < -0.3 is 10.2 Å². The SMILES string of the molecule is CNc1ccc(C(=O)N(C)Cc2ccc(Cl)s2)nc1. The third kappa shape index (κ3) is 3.45. The number of aromatic nitrogens is 1. The molecule has 4 nitrogen and oxygen atoms in total. The van der Waals surface area contributed by atoms with Crippen molar-refractivity contribution in [3.63, 3.8) is 0 Å². The van der Waals surface area contributed by atoms with Crippen LogP contribution >= 0.6 is 22.9 Å². The van der Waals surface area contributed by atoms with E-state index in [1.807, 2.05) is 25.2 Å². The molecule has 0 spiro atoms. The number of carbonyl (C=O) groups is 1. The maximum absolute atomic E-state index is 12.2. The van der Waals surface area contributed by atoms with Crippen LogP contribution in [0.3, 0.4) is 0 Å². The largest absolute Gasteiger partial charge is 0.387 e. The highest BCUT2D eigenvalue weighted by Gasteiger charge is 2.14. The van der Waals surface area contributed by atoms with E-state index in [0.717, 1.165) is 14.9 Å². The summed E-state index contributed by atoms with van der Waals surface area (Å²) in [6, 6.07) is 7.30. The Morgan fingerprint density at radius 1 is 1.42 bits per heavy atom. The van der Waals surface area contributed by atoms with Crippen LogP contribution in [0.5, 0.6) is 0 Å². The second-order valence-electron chi connectivity index (χ2n) is 4.05. The molecule has 0 aromatic carbocycles. The lowest BCUT2D eigenvalue weighted by Gasteiger charge is -2.15. The molecule has 19 heavy (non-hydrogen) atoms. The predicted molar refractivity (Wildman–Crippen MR) is 78.9 cm³/mol. The summed E-state index contributed by atoms with van der Waals surface area (Å²) >= 11 is 7.35. The molecule has 2 aromatic heterocycles. The Hall–Kier alpha value is -1.59. The van der Waals surface area contributed by atoms with Gasteiger partial charge in [0.05, 0.1) is 22.8 Å². The molecular weight excluding hydrogens is 282 g/mol. The zero-order valence-corrected chi connectivity index (χ0v) is 12.3. The molecule has 0 fully saturated rings. The van der Waals surface area contributed by atoms with Gasteiger partial charge in [-0.1, -0.05) is 11.6 Å². The third-order valence-corrected chi connectivity index (χ3v) is 3.86. The van der Waals surface area contributed by atoms with Crippen LogP contribution < -0.4 is 5.32 Å². The lowest BCUT2D eigenvalue weighted by Crippen LogP contribution is -2.26. The molecule has 1 N–H and O–H groups in total. The molecule has 1 amide bonds. The molecule has 0 radical (unpaired) electrons. The Labute approximate surface area is 121 Å². The first-order chi connectivity index (χ1) is 9.10. The van der Waals surface area contributed by atoms with Crippen LogP contribution in [0.2, 0.25) is 4.34 Å². The Morgan fingerprint density at radius 3 is 2.74 bits per heavy atom. The average Bonchev–Trinajstić information content (AvgIpc) is 2.83. The first-order valence-corrected chi connectivity index (χ1v) is 6.93. The molecule has 2 rings (SSSR count). The van der Waals surface area contributed by atoms with Crippen molar-refractivity contribution in [2.24, 2.45) is 0 Å². The van der Waals surface area contributed by atoms with Crippen molar-refractivity contribution >= 4 is 34.5 Å². The minimum atomic E-state index is -0.104. The first-order valence-electron chi connectivity index (χ1n) is 5.73. The number of pyridine rings is 1. The van der Waals surface area contributed by atoms with Crippen LogP contribution in [0.15, 0.2) is 30.5 Å². The van der Waals surface area contributed by atoms with Gasteiger partial charge in [-0.25, -0.2) is 4.98 Å². The molecule has 0 aliphatic carbocycles. The molecule has 2 aromatic rings. The van der Waals surface area contributed by atoms with Crippen molar-refractivity contribution in [1.82, 2.24) is 9.88 Å². The Morgan fingerprint density at radius 2 is 2.21 bits per heavy atom. The predicted octanol–water partition coefficient (Wildman–Crippen LogP) is 3.11. The van der Waals surface area contributed by atoms with Crippen LogP contribution in [0.4, 0.5) is 5.69 Å². The molecule has 0 saturated carbocycles. The van der Waals surface area contributed by atoms with Gasteiger partial charge in [0, 0.05) is 19.0 Å². The van der Waals surface area contributed by atoms with Gasteiger partial charge >= 0.3 is 0 Å². The van der Waals surface area contributed by atoms with E-state index >= 15 is 0 Å². The Bertz CT molecular complexity index is 568. The van der Waals surface area contributed by atoms with Crippen LogP contribution in [0, 0.1) is 0 Å². The number of nitrogens with one attached hydrogen (secondary N) is 1. The van der Waals surface area contributed by atoms with Gasteiger partial charge in [0.2, 0.25) is 0 Å². The molecule has 2 heterocycles. The number of rotatable bonds is 4. The topological polar surface area (TPSA) is 45.2 Å². The first kappa shape index (κ1) is 13.8. The fourth-order valence-corrected chi connectivity index (χ4v) is 2.75. The molecule has 0 bridgehead atoms. The minimum Gasteiger partial charge on any atom is -0.387 e. The second kappa shape index (κ2) is 6.04. The van der Waals surface area contributed by atoms with E-state index in [4.69, 9.17) is 11.6 Å². The van der Waals surface area contributed by atoms with E-state index in [-0.39, 0.29) is 5.91 Å². The molecule has 0 aliphatic rings. The van der Waals surface area contributed by atoms with Crippen molar-refractivity contribution in [2.75, 3.05) is 19.4 Å². The molecule has 0 unspecified atom stereocenters. The van der Waals surface area contributed by atoms with Crippen LogP contribution in [-0.2, 0) is 6.54 Å². The van der Waals surface area contributed by atoms with Crippen molar-refractivity contribution < 1.29 is 4.79 Å². The van der Waals surface area contributed by atoms with E-state index in [9.17, 15) is 4.79 Å². The summed E-state index contributed by atoms with van der Waals surface area (Å²) in [7, 11) is 3.56. The zero-order chi connectivity index (χ0) is 13.8.